The number of benzene rings is 1. The molecule has 4 aromatic rings. The molecule has 0 unspecified atom stereocenters. The lowest BCUT2D eigenvalue weighted by Crippen LogP contribution is -2.00. The summed E-state index contributed by atoms with van der Waals surface area (Å²) < 4.78 is 15.0. The Kier molecular flexibility index (Phi) is 4.15. The number of hydrogen-bond acceptors (Lipinski definition) is 5. The average molecular weight is 351 g/mol. The minimum Gasteiger partial charge on any atom is -0.260 e. The van der Waals surface area contributed by atoms with Crippen LogP contribution in [0.15, 0.2) is 59.9 Å². The monoisotopic (exact) mass is 351 g/mol. The van der Waals surface area contributed by atoms with Crippen LogP contribution < -0.4 is 0 Å². The lowest BCUT2D eigenvalue weighted by molar-refractivity contribution is 0.627. The maximum atomic E-state index is 13.2. The van der Waals surface area contributed by atoms with Crippen molar-refractivity contribution in [3.63, 3.8) is 0 Å². The molecule has 5 nitrogen and oxygen atoms in total. The lowest BCUT2D eigenvalue weighted by Gasteiger charge is -2.08. The predicted octanol–water partition coefficient (Wildman–Crippen LogP) is 3.95. The summed E-state index contributed by atoms with van der Waals surface area (Å²) in [5.41, 5.74) is 3.44. The lowest BCUT2D eigenvalue weighted by atomic mass is 10.2. The third-order valence-corrected chi connectivity index (χ3v) is 4.80. The van der Waals surface area contributed by atoms with E-state index in [4.69, 9.17) is 0 Å². The number of nitrogens with zero attached hydrogens (tertiary/aromatic N) is 5. The molecule has 0 aliphatic carbocycles. The second-order valence-corrected chi connectivity index (χ2v) is 6.46. The van der Waals surface area contributed by atoms with E-state index in [1.54, 1.807) is 41.0 Å². The Hall–Kier alpha value is -2.80. The first-order chi connectivity index (χ1) is 12.2. The quantitative estimate of drug-likeness (QED) is 0.521. The van der Waals surface area contributed by atoms with Crippen LogP contribution in [-0.2, 0) is 5.75 Å². The van der Waals surface area contributed by atoms with Crippen molar-refractivity contribution in [2.75, 3.05) is 0 Å². The van der Waals surface area contributed by atoms with Gasteiger partial charge >= 0.3 is 0 Å². The highest BCUT2D eigenvalue weighted by Gasteiger charge is 2.15. The van der Waals surface area contributed by atoms with E-state index >= 15 is 0 Å². The Morgan fingerprint density at radius 2 is 1.92 bits per heavy atom. The summed E-state index contributed by atoms with van der Waals surface area (Å²) in [5, 5.41) is 14.7. The molecule has 0 spiro atoms. The van der Waals surface area contributed by atoms with Gasteiger partial charge in [-0.05, 0) is 43.3 Å². The topological polar surface area (TPSA) is 56.5 Å². The summed E-state index contributed by atoms with van der Waals surface area (Å²) in [6.45, 7) is 1.90. The zero-order chi connectivity index (χ0) is 17.2. The average Bonchev–Trinajstić information content (AvgIpc) is 3.09. The third-order valence-electron chi connectivity index (χ3n) is 3.81. The van der Waals surface area contributed by atoms with E-state index in [0.29, 0.717) is 5.75 Å². The number of aryl methyl sites for hydroxylation is 1. The van der Waals surface area contributed by atoms with Gasteiger partial charge in [-0.3, -0.25) is 4.98 Å². The molecule has 0 aliphatic rings. The highest BCUT2D eigenvalue weighted by molar-refractivity contribution is 7.98. The molecule has 7 heteroatoms. The second kappa shape index (κ2) is 6.60. The van der Waals surface area contributed by atoms with Crippen molar-refractivity contribution in [1.29, 1.82) is 0 Å². The first-order valence-corrected chi connectivity index (χ1v) is 8.70. The first kappa shape index (κ1) is 15.7. The highest BCUT2D eigenvalue weighted by Crippen LogP contribution is 2.30. The number of pyridine rings is 1. The Balaban J connectivity index is 1.77. The van der Waals surface area contributed by atoms with Crippen molar-refractivity contribution >= 4 is 22.7 Å². The fourth-order valence-corrected chi connectivity index (χ4v) is 3.43. The van der Waals surface area contributed by atoms with Crippen molar-refractivity contribution in [2.24, 2.45) is 0 Å². The van der Waals surface area contributed by atoms with Crippen LogP contribution in [0, 0.1) is 12.7 Å². The van der Waals surface area contributed by atoms with E-state index in [1.165, 1.54) is 12.1 Å². The van der Waals surface area contributed by atoms with Gasteiger partial charge in [0.05, 0.1) is 23.3 Å². The number of hydrogen-bond donors (Lipinski definition) is 0. The van der Waals surface area contributed by atoms with Crippen molar-refractivity contribution in [3.05, 3.63) is 72.1 Å². The van der Waals surface area contributed by atoms with Gasteiger partial charge in [-0.25, -0.2) is 9.07 Å². The summed E-state index contributed by atoms with van der Waals surface area (Å²) in [6, 6.07) is 12.1. The van der Waals surface area contributed by atoms with Gasteiger partial charge in [-0.15, -0.1) is 5.10 Å². The van der Waals surface area contributed by atoms with Crippen LogP contribution in [0.4, 0.5) is 4.39 Å². The largest absolute Gasteiger partial charge is 0.260 e. The zero-order valence-electron chi connectivity index (χ0n) is 13.4. The van der Waals surface area contributed by atoms with Crippen LogP contribution in [0.3, 0.4) is 0 Å². The van der Waals surface area contributed by atoms with Crippen LogP contribution in [-0.4, -0.2) is 25.0 Å². The zero-order valence-corrected chi connectivity index (χ0v) is 14.2. The van der Waals surface area contributed by atoms with Gasteiger partial charge in [0.15, 0.2) is 0 Å². The van der Waals surface area contributed by atoms with Crippen LogP contribution >= 0.6 is 11.8 Å². The summed E-state index contributed by atoms with van der Waals surface area (Å²) in [5.74, 6) is 0.406. The van der Waals surface area contributed by atoms with Crippen LogP contribution in [0.2, 0.25) is 0 Å². The summed E-state index contributed by atoms with van der Waals surface area (Å²) in [7, 11) is 0. The first-order valence-electron chi connectivity index (χ1n) is 7.72. The SMILES string of the molecule is Cc1nnc(SCc2ccccn2)c2c1cnn2-c1ccc(F)cc1. The number of halogens is 1. The summed E-state index contributed by atoms with van der Waals surface area (Å²) in [6.07, 6.45) is 3.54. The number of aromatic nitrogens is 5. The Morgan fingerprint density at radius 1 is 1.08 bits per heavy atom. The molecular formula is C18H14FN5S. The molecule has 0 N–H and O–H groups in total. The Morgan fingerprint density at radius 3 is 2.68 bits per heavy atom. The molecule has 1 aromatic carbocycles. The fourth-order valence-electron chi connectivity index (χ4n) is 2.54. The highest BCUT2D eigenvalue weighted by atomic mass is 32.2. The van der Waals surface area contributed by atoms with Gasteiger partial charge in [0, 0.05) is 17.3 Å². The van der Waals surface area contributed by atoms with Crippen molar-refractivity contribution in [3.8, 4) is 5.69 Å². The Bertz CT molecular complexity index is 1020. The maximum absolute atomic E-state index is 13.2. The smallest absolute Gasteiger partial charge is 0.146 e. The van der Waals surface area contributed by atoms with Gasteiger partial charge in [0.25, 0.3) is 0 Å². The normalized spacial score (nSPS) is 11.1. The molecule has 0 amide bonds. The molecule has 124 valence electrons. The van der Waals surface area contributed by atoms with Crippen LogP contribution in [0.1, 0.15) is 11.4 Å². The van der Waals surface area contributed by atoms with E-state index in [2.05, 4.69) is 20.3 Å². The van der Waals surface area contributed by atoms with Gasteiger partial charge in [-0.1, -0.05) is 17.8 Å². The molecule has 0 bridgehead atoms. The predicted molar refractivity (Wildman–Crippen MR) is 95.2 cm³/mol. The molecule has 4 rings (SSSR count). The van der Waals surface area contributed by atoms with Gasteiger partial charge < -0.3 is 0 Å². The minimum atomic E-state index is -0.277. The number of thioether (sulfide) groups is 1. The molecule has 0 radical (unpaired) electrons. The van der Waals surface area contributed by atoms with Crippen LogP contribution in [0.5, 0.6) is 0 Å². The molecule has 3 aromatic heterocycles. The molecule has 0 fully saturated rings. The molecule has 0 aliphatic heterocycles. The summed E-state index contributed by atoms with van der Waals surface area (Å²) >= 11 is 1.56. The van der Waals surface area contributed by atoms with E-state index in [1.807, 2.05) is 25.1 Å². The Labute approximate surface area is 147 Å². The van der Waals surface area contributed by atoms with Crippen LogP contribution in [0.25, 0.3) is 16.6 Å². The number of fused-ring (bicyclic) bond motifs is 1. The van der Waals surface area contributed by atoms with Crippen molar-refractivity contribution in [2.45, 2.75) is 17.7 Å². The van der Waals surface area contributed by atoms with E-state index in [9.17, 15) is 4.39 Å². The van der Waals surface area contributed by atoms with Crippen molar-refractivity contribution in [1.82, 2.24) is 25.0 Å². The minimum absolute atomic E-state index is 0.277. The molecule has 0 atom stereocenters. The third kappa shape index (κ3) is 3.10. The molecular weight excluding hydrogens is 337 g/mol. The molecule has 0 saturated carbocycles. The van der Waals surface area contributed by atoms with Gasteiger partial charge in [0.1, 0.15) is 16.4 Å². The standard InChI is InChI=1S/C18H14FN5S/c1-12-16-10-21-24(15-7-5-13(19)6-8-15)17(16)18(23-22-12)25-11-14-4-2-3-9-20-14/h2-10H,11H2,1H3. The van der Waals surface area contributed by atoms with Crippen molar-refractivity contribution < 1.29 is 4.39 Å². The van der Waals surface area contributed by atoms with E-state index in [0.717, 1.165) is 33.0 Å². The van der Waals surface area contributed by atoms with E-state index in [-0.39, 0.29) is 5.82 Å². The number of rotatable bonds is 4. The molecule has 25 heavy (non-hydrogen) atoms. The molecule has 3 heterocycles. The maximum Gasteiger partial charge on any atom is 0.146 e. The van der Waals surface area contributed by atoms with Gasteiger partial charge in [0.2, 0.25) is 0 Å². The second-order valence-electron chi connectivity index (χ2n) is 5.50. The fraction of sp³-hybridized carbons (Fsp3) is 0.111. The summed E-state index contributed by atoms with van der Waals surface area (Å²) in [4.78, 5) is 4.34. The molecule has 0 saturated heterocycles. The van der Waals surface area contributed by atoms with E-state index < -0.39 is 0 Å². The van der Waals surface area contributed by atoms with Gasteiger partial charge in [-0.2, -0.15) is 10.2 Å².